The molecule has 8 heteroatoms. The van der Waals surface area contributed by atoms with Crippen LogP contribution in [0.2, 0.25) is 0 Å². The highest BCUT2D eigenvalue weighted by atomic mass is 79.9. The molecule has 0 saturated heterocycles. The monoisotopic (exact) mass is 340 g/mol. The van der Waals surface area contributed by atoms with Crippen LogP contribution in [0.5, 0.6) is 5.75 Å². The molecule has 0 saturated carbocycles. The van der Waals surface area contributed by atoms with Crippen molar-refractivity contribution >= 4 is 21.9 Å². The number of methoxy groups -OCH3 is 1. The maximum atomic E-state index is 10.9. The van der Waals surface area contributed by atoms with Gasteiger partial charge in [0.05, 0.1) is 24.0 Å². The quantitative estimate of drug-likeness (QED) is 0.892. The van der Waals surface area contributed by atoms with E-state index in [-0.39, 0.29) is 6.54 Å². The van der Waals surface area contributed by atoms with Crippen molar-refractivity contribution in [3.05, 3.63) is 22.7 Å². The fraction of sp³-hybridized carbons (Fsp3) is 0.333. The SMILES string of the molecule is COc1ccc(-c2nnnn2CC(C)C(=O)O)cc1Br. The van der Waals surface area contributed by atoms with Crippen LogP contribution in [0.3, 0.4) is 0 Å². The van der Waals surface area contributed by atoms with Crippen LogP contribution in [-0.2, 0) is 11.3 Å². The van der Waals surface area contributed by atoms with Gasteiger partial charge in [0, 0.05) is 5.56 Å². The Balaban J connectivity index is 2.32. The molecule has 0 aliphatic rings. The zero-order valence-electron chi connectivity index (χ0n) is 10.9. The standard InChI is InChI=1S/C12H13BrN4O3/c1-7(12(18)19)6-17-11(14-15-16-17)8-3-4-10(20-2)9(13)5-8/h3-5,7H,6H2,1-2H3,(H,18,19). The van der Waals surface area contributed by atoms with Gasteiger partial charge in [-0.05, 0) is 44.6 Å². The van der Waals surface area contributed by atoms with Gasteiger partial charge in [-0.1, -0.05) is 6.92 Å². The first-order chi connectivity index (χ1) is 9.52. The minimum absolute atomic E-state index is 0.210. The number of carboxylic acids is 1. The molecule has 0 fully saturated rings. The van der Waals surface area contributed by atoms with Crippen molar-refractivity contribution in [2.45, 2.75) is 13.5 Å². The van der Waals surface area contributed by atoms with Crippen LogP contribution in [0.4, 0.5) is 0 Å². The molecule has 1 N–H and O–H groups in total. The van der Waals surface area contributed by atoms with Gasteiger partial charge in [-0.3, -0.25) is 4.79 Å². The highest BCUT2D eigenvalue weighted by Crippen LogP contribution is 2.29. The van der Waals surface area contributed by atoms with Crippen LogP contribution >= 0.6 is 15.9 Å². The van der Waals surface area contributed by atoms with Crippen molar-refractivity contribution in [3.63, 3.8) is 0 Å². The van der Waals surface area contributed by atoms with Crippen molar-refractivity contribution in [1.82, 2.24) is 20.2 Å². The van der Waals surface area contributed by atoms with Crippen molar-refractivity contribution < 1.29 is 14.6 Å². The van der Waals surface area contributed by atoms with Gasteiger partial charge in [-0.2, -0.15) is 0 Å². The van der Waals surface area contributed by atoms with Gasteiger partial charge in [0.1, 0.15) is 5.75 Å². The highest BCUT2D eigenvalue weighted by Gasteiger charge is 2.17. The molecular formula is C12H13BrN4O3. The molecule has 1 heterocycles. The second kappa shape index (κ2) is 6.00. The van der Waals surface area contributed by atoms with Gasteiger partial charge in [0.2, 0.25) is 0 Å². The summed E-state index contributed by atoms with van der Waals surface area (Å²) in [5, 5.41) is 20.3. The Morgan fingerprint density at radius 3 is 2.90 bits per heavy atom. The Hall–Kier alpha value is -1.96. The number of ether oxygens (including phenoxy) is 1. The summed E-state index contributed by atoms with van der Waals surface area (Å²) in [4.78, 5) is 10.9. The van der Waals surface area contributed by atoms with Crippen LogP contribution in [-0.4, -0.2) is 38.4 Å². The predicted molar refractivity (Wildman–Crippen MR) is 74.3 cm³/mol. The third kappa shape index (κ3) is 2.96. The molecular weight excluding hydrogens is 328 g/mol. The lowest BCUT2D eigenvalue weighted by molar-refractivity contribution is -0.141. The van der Waals surface area contributed by atoms with E-state index in [9.17, 15) is 4.79 Å². The van der Waals surface area contributed by atoms with E-state index in [1.807, 2.05) is 12.1 Å². The van der Waals surface area contributed by atoms with Gasteiger partial charge in [-0.15, -0.1) is 5.10 Å². The van der Waals surface area contributed by atoms with Gasteiger partial charge in [0.15, 0.2) is 5.82 Å². The fourth-order valence-corrected chi connectivity index (χ4v) is 2.22. The molecule has 1 atom stereocenters. The number of rotatable bonds is 5. The molecule has 106 valence electrons. The average Bonchev–Trinajstić information content (AvgIpc) is 2.86. The topological polar surface area (TPSA) is 90.1 Å². The molecule has 1 unspecified atom stereocenters. The van der Waals surface area contributed by atoms with Gasteiger partial charge in [0.25, 0.3) is 0 Å². The van der Waals surface area contributed by atoms with E-state index in [1.54, 1.807) is 20.1 Å². The van der Waals surface area contributed by atoms with E-state index in [0.717, 1.165) is 10.0 Å². The molecule has 0 aliphatic heterocycles. The molecule has 0 bridgehead atoms. The Morgan fingerprint density at radius 1 is 1.55 bits per heavy atom. The molecule has 0 spiro atoms. The molecule has 0 aliphatic carbocycles. The zero-order chi connectivity index (χ0) is 14.7. The maximum Gasteiger partial charge on any atom is 0.308 e. The third-order valence-electron chi connectivity index (χ3n) is 2.81. The van der Waals surface area contributed by atoms with Crippen LogP contribution < -0.4 is 4.74 Å². The number of carboxylic acid groups (broad SMARTS) is 1. The Kier molecular flexibility index (Phi) is 4.33. The lowest BCUT2D eigenvalue weighted by atomic mass is 10.1. The van der Waals surface area contributed by atoms with Crippen molar-refractivity contribution in [3.8, 4) is 17.1 Å². The van der Waals surface area contributed by atoms with Crippen molar-refractivity contribution in [2.75, 3.05) is 7.11 Å². The zero-order valence-corrected chi connectivity index (χ0v) is 12.5. The summed E-state index contributed by atoms with van der Waals surface area (Å²) in [5.41, 5.74) is 0.778. The summed E-state index contributed by atoms with van der Waals surface area (Å²) in [5.74, 6) is -0.241. The summed E-state index contributed by atoms with van der Waals surface area (Å²) in [6, 6.07) is 5.43. The predicted octanol–water partition coefficient (Wildman–Crippen LogP) is 1.83. The van der Waals surface area contributed by atoms with Gasteiger partial charge >= 0.3 is 5.97 Å². The number of nitrogens with zero attached hydrogens (tertiary/aromatic N) is 4. The molecule has 20 heavy (non-hydrogen) atoms. The van der Waals surface area contributed by atoms with E-state index < -0.39 is 11.9 Å². The number of benzene rings is 1. The van der Waals surface area contributed by atoms with Crippen molar-refractivity contribution in [2.24, 2.45) is 5.92 Å². The Labute approximate surface area is 123 Å². The van der Waals surface area contributed by atoms with E-state index >= 15 is 0 Å². The summed E-state index contributed by atoms with van der Waals surface area (Å²) in [6.45, 7) is 1.82. The summed E-state index contributed by atoms with van der Waals surface area (Å²) in [7, 11) is 1.58. The first kappa shape index (κ1) is 14.4. The van der Waals surface area contributed by atoms with E-state index in [4.69, 9.17) is 9.84 Å². The van der Waals surface area contributed by atoms with Crippen LogP contribution in [0, 0.1) is 5.92 Å². The smallest absolute Gasteiger partial charge is 0.308 e. The first-order valence-electron chi connectivity index (χ1n) is 5.85. The van der Waals surface area contributed by atoms with Gasteiger partial charge in [-0.25, -0.2) is 4.68 Å². The second-order valence-electron chi connectivity index (χ2n) is 4.27. The molecule has 1 aromatic heterocycles. The minimum atomic E-state index is -0.887. The third-order valence-corrected chi connectivity index (χ3v) is 3.43. The normalized spacial score (nSPS) is 12.2. The molecule has 2 rings (SSSR count). The molecule has 1 aromatic carbocycles. The lowest BCUT2D eigenvalue weighted by Crippen LogP contribution is -2.18. The van der Waals surface area contributed by atoms with E-state index in [0.29, 0.717) is 11.6 Å². The lowest BCUT2D eigenvalue weighted by Gasteiger charge is -2.09. The van der Waals surface area contributed by atoms with E-state index in [2.05, 4.69) is 31.5 Å². The molecule has 0 amide bonds. The number of aromatic nitrogens is 4. The summed E-state index contributed by atoms with van der Waals surface area (Å²) >= 11 is 3.39. The largest absolute Gasteiger partial charge is 0.496 e. The Bertz CT molecular complexity index is 629. The summed E-state index contributed by atoms with van der Waals surface area (Å²) < 4.78 is 7.42. The number of carbonyl (C=O) groups is 1. The fourth-order valence-electron chi connectivity index (χ4n) is 1.68. The average molecular weight is 341 g/mol. The van der Waals surface area contributed by atoms with Crippen LogP contribution in [0.1, 0.15) is 6.92 Å². The summed E-state index contributed by atoms with van der Waals surface area (Å²) in [6.07, 6.45) is 0. The number of hydrogen-bond donors (Lipinski definition) is 1. The van der Waals surface area contributed by atoms with Crippen LogP contribution in [0.15, 0.2) is 22.7 Å². The van der Waals surface area contributed by atoms with E-state index in [1.165, 1.54) is 4.68 Å². The highest BCUT2D eigenvalue weighted by molar-refractivity contribution is 9.10. The molecule has 0 radical (unpaired) electrons. The first-order valence-corrected chi connectivity index (χ1v) is 6.65. The second-order valence-corrected chi connectivity index (χ2v) is 5.13. The number of halogens is 1. The number of tetrazole rings is 1. The minimum Gasteiger partial charge on any atom is -0.496 e. The number of hydrogen-bond acceptors (Lipinski definition) is 5. The number of aliphatic carboxylic acids is 1. The van der Waals surface area contributed by atoms with Gasteiger partial charge < -0.3 is 9.84 Å². The van der Waals surface area contributed by atoms with Crippen LogP contribution in [0.25, 0.3) is 11.4 Å². The maximum absolute atomic E-state index is 10.9. The molecule has 2 aromatic rings. The Morgan fingerprint density at radius 2 is 2.30 bits per heavy atom. The van der Waals surface area contributed by atoms with Crippen molar-refractivity contribution in [1.29, 1.82) is 0 Å². The molecule has 7 nitrogen and oxygen atoms in total.